The summed E-state index contributed by atoms with van der Waals surface area (Å²) < 4.78 is 4.64. The number of carbonyl (C=O) groups excluding carboxylic acids is 1. The first-order valence-electron chi connectivity index (χ1n) is 3.95. The lowest BCUT2D eigenvalue weighted by molar-refractivity contribution is 0.0219. The third-order valence-corrected chi connectivity index (χ3v) is 2.30. The van der Waals surface area contributed by atoms with Crippen molar-refractivity contribution in [3.8, 4) is 0 Å². The Balaban J connectivity index is 4.05. The van der Waals surface area contributed by atoms with Crippen molar-refractivity contribution in [3.05, 3.63) is 0 Å². The fraction of sp³-hybridized carbons (Fsp3) is 0.875. The van der Waals surface area contributed by atoms with E-state index < -0.39 is 11.5 Å². The average Bonchev–Trinajstić information content (AvgIpc) is 1.99. The van der Waals surface area contributed by atoms with Crippen LogP contribution in [0.2, 0.25) is 0 Å². The quantitative estimate of drug-likeness (QED) is 0.661. The molecule has 0 rings (SSSR count). The molecule has 4 nitrogen and oxygen atoms in total. The Morgan fingerprint density at radius 2 is 2.17 bits per heavy atom. The first-order valence-corrected chi connectivity index (χ1v) is 3.95. The maximum Gasteiger partial charge on any atom is 0.404 e. The van der Waals surface area contributed by atoms with E-state index in [1.54, 1.807) is 0 Å². The van der Waals surface area contributed by atoms with Gasteiger partial charge in [0, 0.05) is 5.41 Å². The maximum atomic E-state index is 10.3. The van der Waals surface area contributed by atoms with Gasteiger partial charge in [-0.05, 0) is 5.92 Å². The molecule has 0 aromatic rings. The van der Waals surface area contributed by atoms with E-state index in [-0.39, 0.29) is 19.1 Å². The average molecular weight is 175 g/mol. The summed E-state index contributed by atoms with van der Waals surface area (Å²) in [4.78, 5) is 10.3. The van der Waals surface area contributed by atoms with Gasteiger partial charge in [-0.25, -0.2) is 4.79 Å². The standard InChI is InChI=1S/C8H17NO3/c1-6(2)8(3,4-10)5-12-7(9)11/h6,10H,4-5H2,1-3H3,(H2,9,11)/t8-/m0/s1. The summed E-state index contributed by atoms with van der Waals surface area (Å²) in [6, 6.07) is 0. The molecule has 72 valence electrons. The number of carbonyl (C=O) groups is 1. The SMILES string of the molecule is CC(C)[C@@](C)(CO)COC(N)=O. The van der Waals surface area contributed by atoms with Crippen LogP contribution >= 0.6 is 0 Å². The maximum absolute atomic E-state index is 10.3. The number of amides is 1. The molecule has 0 unspecified atom stereocenters. The lowest BCUT2D eigenvalue weighted by atomic mass is 9.81. The van der Waals surface area contributed by atoms with Gasteiger partial charge >= 0.3 is 6.09 Å². The first kappa shape index (κ1) is 11.2. The van der Waals surface area contributed by atoms with Gasteiger partial charge in [0.15, 0.2) is 0 Å². The summed E-state index contributed by atoms with van der Waals surface area (Å²) in [5, 5.41) is 9.04. The largest absolute Gasteiger partial charge is 0.449 e. The highest BCUT2D eigenvalue weighted by atomic mass is 16.5. The molecule has 0 aliphatic rings. The summed E-state index contributed by atoms with van der Waals surface area (Å²) in [5.74, 6) is 0.238. The van der Waals surface area contributed by atoms with Gasteiger partial charge in [0.2, 0.25) is 0 Å². The van der Waals surface area contributed by atoms with E-state index in [2.05, 4.69) is 4.74 Å². The third-order valence-electron chi connectivity index (χ3n) is 2.30. The molecule has 0 radical (unpaired) electrons. The second-order valence-electron chi connectivity index (χ2n) is 3.57. The highest BCUT2D eigenvalue weighted by molar-refractivity contribution is 5.64. The normalized spacial score (nSPS) is 15.8. The Bertz CT molecular complexity index is 158. The van der Waals surface area contributed by atoms with E-state index in [1.165, 1.54) is 0 Å². The van der Waals surface area contributed by atoms with E-state index in [1.807, 2.05) is 20.8 Å². The molecule has 0 bridgehead atoms. The third kappa shape index (κ3) is 3.09. The number of aliphatic hydroxyl groups excluding tert-OH is 1. The second-order valence-corrected chi connectivity index (χ2v) is 3.57. The molecule has 1 atom stereocenters. The number of nitrogens with two attached hydrogens (primary N) is 1. The lowest BCUT2D eigenvalue weighted by Gasteiger charge is -2.30. The Morgan fingerprint density at radius 3 is 2.42 bits per heavy atom. The summed E-state index contributed by atoms with van der Waals surface area (Å²) in [5.41, 5.74) is 4.42. The summed E-state index contributed by atoms with van der Waals surface area (Å²) in [6.45, 7) is 5.91. The zero-order chi connectivity index (χ0) is 9.78. The van der Waals surface area contributed by atoms with Crippen LogP contribution < -0.4 is 5.73 Å². The number of hydrogen-bond donors (Lipinski definition) is 2. The van der Waals surface area contributed by atoms with Crippen LogP contribution in [0.4, 0.5) is 4.79 Å². The van der Waals surface area contributed by atoms with Crippen LogP contribution in [-0.4, -0.2) is 24.4 Å². The van der Waals surface area contributed by atoms with Gasteiger partial charge in [0.05, 0.1) is 6.61 Å². The van der Waals surface area contributed by atoms with Crippen LogP contribution in [0.1, 0.15) is 20.8 Å². The molecule has 4 heteroatoms. The van der Waals surface area contributed by atoms with Crippen molar-refractivity contribution in [2.24, 2.45) is 17.1 Å². The highest BCUT2D eigenvalue weighted by Crippen LogP contribution is 2.26. The molecule has 0 aromatic heterocycles. The van der Waals surface area contributed by atoms with E-state index in [0.717, 1.165) is 0 Å². The first-order chi connectivity index (χ1) is 5.42. The summed E-state index contributed by atoms with van der Waals surface area (Å²) in [6.07, 6.45) is -0.796. The van der Waals surface area contributed by atoms with E-state index in [4.69, 9.17) is 10.8 Å². The summed E-state index contributed by atoms with van der Waals surface area (Å²) >= 11 is 0. The minimum Gasteiger partial charge on any atom is -0.449 e. The zero-order valence-corrected chi connectivity index (χ0v) is 7.83. The van der Waals surface area contributed by atoms with E-state index >= 15 is 0 Å². The van der Waals surface area contributed by atoms with Crippen LogP contribution in [0, 0.1) is 11.3 Å². The molecule has 0 heterocycles. The van der Waals surface area contributed by atoms with Gasteiger partial charge in [0.25, 0.3) is 0 Å². The number of aliphatic hydroxyl groups is 1. The fourth-order valence-electron chi connectivity index (χ4n) is 0.631. The van der Waals surface area contributed by atoms with Crippen molar-refractivity contribution >= 4 is 6.09 Å². The van der Waals surface area contributed by atoms with Crippen LogP contribution in [0.5, 0.6) is 0 Å². The van der Waals surface area contributed by atoms with Crippen molar-refractivity contribution in [3.63, 3.8) is 0 Å². The van der Waals surface area contributed by atoms with Gasteiger partial charge in [-0.3, -0.25) is 0 Å². The molecule has 1 amide bonds. The van der Waals surface area contributed by atoms with Crippen molar-refractivity contribution < 1.29 is 14.6 Å². The predicted molar refractivity (Wildman–Crippen MR) is 45.6 cm³/mol. The van der Waals surface area contributed by atoms with Crippen molar-refractivity contribution in [1.29, 1.82) is 0 Å². The fourth-order valence-corrected chi connectivity index (χ4v) is 0.631. The predicted octanol–water partition coefficient (Wildman–Crippen LogP) is 0.736. The number of primary amides is 1. The number of rotatable bonds is 4. The molecule has 0 aliphatic heterocycles. The number of ether oxygens (including phenoxy) is 1. The minimum atomic E-state index is -0.796. The number of hydrogen-bond acceptors (Lipinski definition) is 3. The zero-order valence-electron chi connectivity index (χ0n) is 7.83. The Morgan fingerprint density at radius 1 is 1.67 bits per heavy atom. The van der Waals surface area contributed by atoms with Gasteiger partial charge < -0.3 is 15.6 Å². The molecule has 0 aliphatic carbocycles. The van der Waals surface area contributed by atoms with Gasteiger partial charge in [-0.15, -0.1) is 0 Å². The molecule has 0 saturated carbocycles. The van der Waals surface area contributed by atoms with Gasteiger partial charge in [-0.2, -0.15) is 0 Å². The van der Waals surface area contributed by atoms with Crippen LogP contribution in [-0.2, 0) is 4.74 Å². The van der Waals surface area contributed by atoms with E-state index in [9.17, 15) is 4.79 Å². The molecule has 0 spiro atoms. The Hall–Kier alpha value is -0.770. The van der Waals surface area contributed by atoms with Gasteiger partial charge in [0.1, 0.15) is 6.61 Å². The molecule has 3 N–H and O–H groups in total. The van der Waals surface area contributed by atoms with Crippen molar-refractivity contribution in [2.75, 3.05) is 13.2 Å². The topological polar surface area (TPSA) is 72.6 Å². The molecule has 0 aromatic carbocycles. The van der Waals surface area contributed by atoms with Crippen LogP contribution in [0.3, 0.4) is 0 Å². The second kappa shape index (κ2) is 4.30. The minimum absolute atomic E-state index is 0.0159. The summed E-state index contributed by atoms with van der Waals surface area (Å²) in [7, 11) is 0. The smallest absolute Gasteiger partial charge is 0.404 e. The monoisotopic (exact) mass is 175 g/mol. The molecular weight excluding hydrogens is 158 g/mol. The molecule has 0 saturated heterocycles. The molecule has 0 fully saturated rings. The highest BCUT2D eigenvalue weighted by Gasteiger charge is 2.28. The van der Waals surface area contributed by atoms with Gasteiger partial charge in [-0.1, -0.05) is 20.8 Å². The van der Waals surface area contributed by atoms with Crippen LogP contribution in [0.15, 0.2) is 0 Å². The Labute approximate surface area is 72.7 Å². The molecular formula is C8H17NO3. The Kier molecular flexibility index (Phi) is 4.03. The lowest BCUT2D eigenvalue weighted by Crippen LogP contribution is -2.35. The van der Waals surface area contributed by atoms with Crippen molar-refractivity contribution in [2.45, 2.75) is 20.8 Å². The van der Waals surface area contributed by atoms with Crippen LogP contribution in [0.25, 0.3) is 0 Å². The van der Waals surface area contributed by atoms with E-state index in [0.29, 0.717) is 0 Å². The molecule has 12 heavy (non-hydrogen) atoms. The van der Waals surface area contributed by atoms with Crippen molar-refractivity contribution in [1.82, 2.24) is 0 Å².